The molecule has 8 nitrogen and oxygen atoms in total. The third-order valence-electron chi connectivity index (χ3n) is 4.17. The number of benzene rings is 2. The number of nitro benzene ring substituents is 1. The molecule has 2 aromatic heterocycles. The first-order valence-electron chi connectivity index (χ1n) is 8.51. The Morgan fingerprint density at radius 3 is 2.79 bits per heavy atom. The first-order valence-corrected chi connectivity index (χ1v) is 9.33. The van der Waals surface area contributed by atoms with Crippen LogP contribution in [0.5, 0.6) is 0 Å². The van der Waals surface area contributed by atoms with Gasteiger partial charge in [-0.25, -0.2) is 4.98 Å². The Morgan fingerprint density at radius 2 is 2.04 bits per heavy atom. The fourth-order valence-electron chi connectivity index (χ4n) is 2.80. The molecule has 0 bridgehead atoms. The molecule has 28 heavy (non-hydrogen) atoms. The summed E-state index contributed by atoms with van der Waals surface area (Å²) in [6, 6.07) is 15.2. The molecule has 0 fully saturated rings. The zero-order valence-corrected chi connectivity index (χ0v) is 15.5. The van der Waals surface area contributed by atoms with Crippen molar-refractivity contribution < 1.29 is 9.72 Å². The number of non-ortho nitro benzene ring substituents is 1. The molecular weight excluding hydrogens is 378 g/mol. The van der Waals surface area contributed by atoms with Crippen molar-refractivity contribution in [1.29, 1.82) is 0 Å². The highest BCUT2D eigenvalue weighted by Crippen LogP contribution is 2.30. The molecule has 0 N–H and O–H groups in total. The Bertz CT molecular complexity index is 1110. The van der Waals surface area contributed by atoms with E-state index in [1.54, 1.807) is 21.8 Å². The van der Waals surface area contributed by atoms with E-state index in [0.29, 0.717) is 18.2 Å². The quantitative estimate of drug-likeness (QED) is 0.367. The van der Waals surface area contributed by atoms with Gasteiger partial charge in [0.25, 0.3) is 11.6 Å². The monoisotopic (exact) mass is 393 g/mol. The Kier molecular flexibility index (Phi) is 4.81. The summed E-state index contributed by atoms with van der Waals surface area (Å²) < 4.78 is 2.69. The van der Waals surface area contributed by atoms with Gasteiger partial charge in [0.2, 0.25) is 0 Å². The van der Waals surface area contributed by atoms with Crippen LogP contribution in [-0.4, -0.2) is 32.1 Å². The van der Waals surface area contributed by atoms with E-state index in [-0.39, 0.29) is 17.2 Å². The second-order valence-electron chi connectivity index (χ2n) is 6.00. The van der Waals surface area contributed by atoms with Crippen molar-refractivity contribution in [2.24, 2.45) is 0 Å². The van der Waals surface area contributed by atoms with Gasteiger partial charge < -0.3 is 0 Å². The topological polar surface area (TPSA) is 94.2 Å². The predicted molar refractivity (Wildman–Crippen MR) is 107 cm³/mol. The van der Waals surface area contributed by atoms with Crippen LogP contribution in [0.1, 0.15) is 10.4 Å². The minimum absolute atomic E-state index is 0.123. The number of carbonyl (C=O) groups excluding carboxylic acids is 1. The van der Waals surface area contributed by atoms with Crippen LogP contribution in [0.3, 0.4) is 0 Å². The maximum atomic E-state index is 13.2. The average Bonchev–Trinajstić information content (AvgIpc) is 3.37. The third kappa shape index (κ3) is 3.60. The van der Waals surface area contributed by atoms with E-state index in [1.165, 1.54) is 29.5 Å². The van der Waals surface area contributed by atoms with Crippen molar-refractivity contribution >= 4 is 38.3 Å². The number of fused-ring (bicyclic) bond motifs is 1. The molecule has 2 aromatic carbocycles. The molecule has 0 aliphatic carbocycles. The van der Waals surface area contributed by atoms with Gasteiger partial charge in [0.05, 0.1) is 21.7 Å². The van der Waals surface area contributed by atoms with E-state index in [1.807, 2.05) is 36.5 Å². The molecule has 0 atom stereocenters. The lowest BCUT2D eigenvalue weighted by Crippen LogP contribution is -2.34. The van der Waals surface area contributed by atoms with Crippen LogP contribution in [0, 0.1) is 10.1 Å². The molecule has 0 aliphatic rings. The van der Waals surface area contributed by atoms with Gasteiger partial charge in [-0.1, -0.05) is 29.5 Å². The van der Waals surface area contributed by atoms with Gasteiger partial charge in [-0.2, -0.15) is 5.10 Å². The minimum atomic E-state index is -0.511. The Morgan fingerprint density at radius 1 is 1.18 bits per heavy atom. The molecular formula is C19H15N5O3S. The van der Waals surface area contributed by atoms with Crippen LogP contribution < -0.4 is 4.90 Å². The number of nitrogens with zero attached hydrogens (tertiary/aromatic N) is 5. The summed E-state index contributed by atoms with van der Waals surface area (Å²) in [5.41, 5.74) is 0.925. The minimum Gasteiger partial charge on any atom is -0.282 e. The van der Waals surface area contributed by atoms with Crippen LogP contribution >= 0.6 is 11.3 Å². The van der Waals surface area contributed by atoms with Crippen molar-refractivity contribution in [3.8, 4) is 0 Å². The summed E-state index contributed by atoms with van der Waals surface area (Å²) in [7, 11) is 0. The normalized spacial score (nSPS) is 10.9. The van der Waals surface area contributed by atoms with Gasteiger partial charge in [-0.15, -0.1) is 0 Å². The van der Waals surface area contributed by atoms with Crippen molar-refractivity contribution in [1.82, 2.24) is 14.8 Å². The summed E-state index contributed by atoms with van der Waals surface area (Å²) in [6.07, 6.45) is 3.48. The highest BCUT2D eigenvalue weighted by molar-refractivity contribution is 7.22. The Hall–Kier alpha value is -3.59. The Labute approximate surface area is 163 Å². The number of rotatable bonds is 6. The molecule has 0 saturated heterocycles. The second-order valence-corrected chi connectivity index (χ2v) is 7.01. The van der Waals surface area contributed by atoms with Gasteiger partial charge in [-0.3, -0.25) is 24.5 Å². The van der Waals surface area contributed by atoms with E-state index >= 15 is 0 Å². The number of nitro groups is 1. The van der Waals surface area contributed by atoms with E-state index in [0.717, 1.165) is 10.2 Å². The van der Waals surface area contributed by atoms with Crippen LogP contribution in [0.2, 0.25) is 0 Å². The van der Waals surface area contributed by atoms with Crippen LogP contribution in [0.15, 0.2) is 67.0 Å². The van der Waals surface area contributed by atoms with Crippen molar-refractivity contribution in [2.75, 3.05) is 11.4 Å². The lowest BCUT2D eigenvalue weighted by Gasteiger charge is -2.20. The third-order valence-corrected chi connectivity index (χ3v) is 5.23. The van der Waals surface area contributed by atoms with Crippen molar-refractivity contribution in [3.63, 3.8) is 0 Å². The number of hydrogen-bond acceptors (Lipinski definition) is 6. The predicted octanol–water partition coefficient (Wildman–Crippen LogP) is 3.75. The second kappa shape index (κ2) is 7.57. The number of amides is 1. The molecule has 0 spiro atoms. The highest BCUT2D eigenvalue weighted by Gasteiger charge is 2.23. The zero-order valence-electron chi connectivity index (χ0n) is 14.6. The Balaban J connectivity index is 1.70. The van der Waals surface area contributed by atoms with Gasteiger partial charge in [0, 0.05) is 36.6 Å². The number of para-hydroxylation sites is 1. The SMILES string of the molecule is O=C(c1cccc([N+](=O)[O-])c1)N(CCn1cccn1)c1nc2ccccc2s1. The maximum Gasteiger partial charge on any atom is 0.270 e. The lowest BCUT2D eigenvalue weighted by molar-refractivity contribution is -0.384. The molecule has 9 heteroatoms. The maximum absolute atomic E-state index is 13.2. The molecule has 2 heterocycles. The molecule has 4 aromatic rings. The fraction of sp³-hybridized carbons (Fsp3) is 0.105. The largest absolute Gasteiger partial charge is 0.282 e. The summed E-state index contributed by atoms with van der Waals surface area (Å²) in [5.74, 6) is -0.338. The summed E-state index contributed by atoms with van der Waals surface area (Å²) in [6.45, 7) is 0.812. The zero-order chi connectivity index (χ0) is 19.5. The number of thiazole rings is 1. The number of hydrogen-bond donors (Lipinski definition) is 0. The molecule has 4 rings (SSSR count). The van der Waals surface area contributed by atoms with Crippen molar-refractivity contribution in [3.05, 3.63) is 82.7 Å². The smallest absolute Gasteiger partial charge is 0.270 e. The van der Waals surface area contributed by atoms with E-state index in [9.17, 15) is 14.9 Å². The standard InChI is InChI=1S/C19H15N5O3S/c25-18(14-5-3-6-15(13-14)24(26)27)23(12-11-22-10-4-9-20-22)19-21-16-7-1-2-8-17(16)28-19/h1-10,13H,11-12H2. The van der Waals surface area contributed by atoms with Gasteiger partial charge in [0.1, 0.15) is 0 Å². The van der Waals surface area contributed by atoms with Crippen LogP contribution in [0.4, 0.5) is 10.8 Å². The number of anilines is 1. The first-order chi connectivity index (χ1) is 13.6. The molecule has 0 radical (unpaired) electrons. The molecule has 0 aliphatic heterocycles. The lowest BCUT2D eigenvalue weighted by atomic mass is 10.2. The number of carbonyl (C=O) groups is 1. The van der Waals surface area contributed by atoms with Crippen LogP contribution in [-0.2, 0) is 6.54 Å². The fourth-order valence-corrected chi connectivity index (χ4v) is 3.79. The molecule has 0 unspecified atom stereocenters. The van der Waals surface area contributed by atoms with Gasteiger partial charge in [0.15, 0.2) is 5.13 Å². The average molecular weight is 393 g/mol. The molecule has 1 amide bonds. The van der Waals surface area contributed by atoms with Crippen LogP contribution in [0.25, 0.3) is 10.2 Å². The van der Waals surface area contributed by atoms with E-state index < -0.39 is 4.92 Å². The van der Waals surface area contributed by atoms with E-state index in [4.69, 9.17) is 0 Å². The molecule has 0 saturated carbocycles. The summed E-state index contributed by atoms with van der Waals surface area (Å²) >= 11 is 1.41. The summed E-state index contributed by atoms with van der Waals surface area (Å²) in [4.78, 5) is 29.9. The highest BCUT2D eigenvalue weighted by atomic mass is 32.1. The summed E-state index contributed by atoms with van der Waals surface area (Å²) in [5, 5.41) is 15.8. The molecule has 140 valence electrons. The van der Waals surface area contributed by atoms with Gasteiger partial charge >= 0.3 is 0 Å². The number of aromatic nitrogens is 3. The van der Waals surface area contributed by atoms with Gasteiger partial charge in [-0.05, 0) is 24.3 Å². The first kappa shape index (κ1) is 17.8. The van der Waals surface area contributed by atoms with E-state index in [2.05, 4.69) is 10.1 Å². The van der Waals surface area contributed by atoms with Crippen molar-refractivity contribution in [2.45, 2.75) is 6.54 Å².